The number of fused-ring (bicyclic) bond motifs is 1. The van der Waals surface area contributed by atoms with Crippen molar-refractivity contribution in [2.75, 3.05) is 5.88 Å². The molecule has 2 rings (SSSR count). The van der Waals surface area contributed by atoms with E-state index in [9.17, 15) is 4.79 Å². The average molecular weight is 330 g/mol. The maximum Gasteiger partial charge on any atom is 0.344 e. The van der Waals surface area contributed by atoms with Crippen LogP contribution in [-0.2, 0) is 11.2 Å². The Morgan fingerprint density at radius 3 is 2.67 bits per heavy atom. The minimum atomic E-state index is -0.581. The van der Waals surface area contributed by atoms with Gasteiger partial charge in [0.05, 0.1) is 6.20 Å². The number of carbonyl (C=O) groups is 1. The normalized spacial score (nSPS) is 11.9. The van der Waals surface area contributed by atoms with E-state index in [2.05, 4.69) is 10.1 Å². The predicted molar refractivity (Wildman–Crippen MR) is 82.3 cm³/mol. The molecule has 0 aliphatic carbocycles. The summed E-state index contributed by atoms with van der Waals surface area (Å²) in [7, 11) is 0. The summed E-state index contributed by atoms with van der Waals surface area (Å²) in [6.07, 6.45) is 2.02. The molecule has 114 valence electrons. The highest BCUT2D eigenvalue weighted by Crippen LogP contribution is 2.24. The van der Waals surface area contributed by atoms with Gasteiger partial charge >= 0.3 is 5.97 Å². The summed E-state index contributed by atoms with van der Waals surface area (Å²) in [6.45, 7) is 7.25. The number of aryl methyl sites for hydroxylation is 1. The Bertz CT molecular complexity index is 690. The zero-order valence-corrected chi connectivity index (χ0v) is 13.9. The van der Waals surface area contributed by atoms with Crippen molar-refractivity contribution in [3.05, 3.63) is 28.2 Å². The summed E-state index contributed by atoms with van der Waals surface area (Å²) in [4.78, 5) is 16.6. The van der Waals surface area contributed by atoms with E-state index in [-0.39, 0.29) is 0 Å². The molecule has 2 heterocycles. The molecular weight excluding hydrogens is 313 g/mol. The van der Waals surface area contributed by atoms with Crippen molar-refractivity contribution in [3.63, 3.8) is 0 Å². The van der Waals surface area contributed by atoms with Crippen molar-refractivity contribution in [2.45, 2.75) is 39.7 Å². The number of rotatable bonds is 3. The first-order chi connectivity index (χ1) is 9.74. The summed E-state index contributed by atoms with van der Waals surface area (Å²) < 4.78 is 6.79. The van der Waals surface area contributed by atoms with Crippen molar-refractivity contribution < 1.29 is 9.53 Å². The number of ether oxygens (including phenoxy) is 1. The third-order valence-electron chi connectivity index (χ3n) is 2.85. The number of esters is 1. The van der Waals surface area contributed by atoms with E-state index in [1.807, 2.05) is 6.92 Å². The lowest BCUT2D eigenvalue weighted by Gasteiger charge is -2.18. The van der Waals surface area contributed by atoms with Gasteiger partial charge in [0.25, 0.3) is 0 Å². The molecule has 0 saturated heterocycles. The summed E-state index contributed by atoms with van der Waals surface area (Å²) in [5.74, 6) is -0.0286. The Morgan fingerprint density at radius 1 is 1.43 bits per heavy atom. The number of hydrogen-bond acceptors (Lipinski definition) is 4. The van der Waals surface area contributed by atoms with Gasteiger partial charge in [-0.05, 0) is 34.1 Å². The fourth-order valence-electron chi connectivity index (χ4n) is 1.95. The highest BCUT2D eigenvalue weighted by atomic mass is 35.5. The molecule has 2 aromatic rings. The van der Waals surface area contributed by atoms with E-state index in [1.165, 1.54) is 10.7 Å². The van der Waals surface area contributed by atoms with Crippen LogP contribution in [0.5, 0.6) is 0 Å². The van der Waals surface area contributed by atoms with Crippen molar-refractivity contribution >= 4 is 34.8 Å². The van der Waals surface area contributed by atoms with Crippen LogP contribution in [0.1, 0.15) is 42.4 Å². The molecule has 21 heavy (non-hydrogen) atoms. The second kappa shape index (κ2) is 5.81. The van der Waals surface area contributed by atoms with Crippen LogP contribution in [0.2, 0.25) is 5.15 Å². The summed E-state index contributed by atoms with van der Waals surface area (Å²) >= 11 is 12.1. The lowest BCUT2D eigenvalue weighted by atomic mass is 10.2. The van der Waals surface area contributed by atoms with Crippen molar-refractivity contribution in [2.24, 2.45) is 0 Å². The van der Waals surface area contributed by atoms with E-state index in [0.717, 1.165) is 11.3 Å². The van der Waals surface area contributed by atoms with E-state index in [0.29, 0.717) is 28.7 Å². The zero-order valence-electron chi connectivity index (χ0n) is 12.4. The van der Waals surface area contributed by atoms with E-state index in [4.69, 9.17) is 27.9 Å². The summed E-state index contributed by atoms with van der Waals surface area (Å²) in [5.41, 5.74) is 1.68. The highest BCUT2D eigenvalue weighted by molar-refractivity contribution is 6.30. The summed E-state index contributed by atoms with van der Waals surface area (Å²) in [5, 5.41) is 4.56. The van der Waals surface area contributed by atoms with Crippen LogP contribution >= 0.6 is 23.2 Å². The first kappa shape index (κ1) is 16.0. The Kier molecular flexibility index (Phi) is 4.44. The molecule has 0 amide bonds. The largest absolute Gasteiger partial charge is 0.456 e. The number of nitrogens with zero attached hydrogens (tertiary/aromatic N) is 3. The van der Waals surface area contributed by atoms with Gasteiger partial charge < -0.3 is 4.74 Å². The third-order valence-corrected chi connectivity index (χ3v) is 3.43. The average Bonchev–Trinajstić information content (AvgIpc) is 2.76. The molecular formula is C14H17Cl2N3O2. The van der Waals surface area contributed by atoms with Crippen LogP contribution < -0.4 is 0 Å². The number of halogens is 2. The second-order valence-electron chi connectivity index (χ2n) is 5.70. The van der Waals surface area contributed by atoms with Crippen LogP contribution in [0.4, 0.5) is 0 Å². The second-order valence-corrected chi connectivity index (χ2v) is 6.44. The van der Waals surface area contributed by atoms with Crippen LogP contribution in [0.15, 0.2) is 6.20 Å². The van der Waals surface area contributed by atoms with Crippen LogP contribution in [0.25, 0.3) is 5.65 Å². The molecule has 0 aromatic carbocycles. The molecule has 0 saturated carbocycles. The van der Waals surface area contributed by atoms with E-state index < -0.39 is 11.6 Å². The fourth-order valence-corrected chi connectivity index (χ4v) is 2.50. The number of aromatic nitrogens is 3. The SMILES string of the molecule is Cc1nc2c(C(=O)OC(C)(C)C)cnn2c(Cl)c1CCCl. The Hall–Kier alpha value is -1.33. The number of hydrogen-bond donors (Lipinski definition) is 0. The molecule has 5 nitrogen and oxygen atoms in total. The van der Waals surface area contributed by atoms with Gasteiger partial charge in [0.2, 0.25) is 0 Å². The fraction of sp³-hybridized carbons (Fsp3) is 0.500. The Balaban J connectivity index is 2.52. The maximum atomic E-state index is 12.2. The molecule has 0 spiro atoms. The van der Waals surface area contributed by atoms with Gasteiger partial charge in [-0.1, -0.05) is 11.6 Å². The van der Waals surface area contributed by atoms with E-state index in [1.54, 1.807) is 20.8 Å². The van der Waals surface area contributed by atoms with Gasteiger partial charge in [-0.25, -0.2) is 14.3 Å². The lowest BCUT2D eigenvalue weighted by Crippen LogP contribution is -2.24. The Labute approximate surface area is 133 Å². The molecule has 0 atom stereocenters. The number of alkyl halides is 1. The predicted octanol–water partition coefficient (Wildman–Crippen LogP) is 3.43. The molecule has 0 bridgehead atoms. The van der Waals surface area contributed by atoms with Crippen LogP contribution in [-0.4, -0.2) is 32.0 Å². The first-order valence-corrected chi connectivity index (χ1v) is 7.48. The number of carbonyl (C=O) groups excluding carboxylic acids is 1. The monoisotopic (exact) mass is 329 g/mol. The molecule has 0 unspecified atom stereocenters. The quantitative estimate of drug-likeness (QED) is 0.491. The van der Waals surface area contributed by atoms with Gasteiger partial charge in [-0.3, -0.25) is 0 Å². The van der Waals surface area contributed by atoms with Gasteiger partial charge in [0.1, 0.15) is 16.3 Å². The Morgan fingerprint density at radius 2 is 2.10 bits per heavy atom. The van der Waals surface area contributed by atoms with Gasteiger partial charge in [0, 0.05) is 17.1 Å². The maximum absolute atomic E-state index is 12.2. The van der Waals surface area contributed by atoms with Crippen LogP contribution in [0, 0.1) is 6.92 Å². The molecule has 0 radical (unpaired) electrons. The topological polar surface area (TPSA) is 56.5 Å². The smallest absolute Gasteiger partial charge is 0.344 e. The minimum absolute atomic E-state index is 0.298. The van der Waals surface area contributed by atoms with Crippen molar-refractivity contribution in [1.29, 1.82) is 0 Å². The van der Waals surface area contributed by atoms with Gasteiger partial charge in [-0.2, -0.15) is 5.10 Å². The van der Waals surface area contributed by atoms with Gasteiger partial charge in [-0.15, -0.1) is 11.6 Å². The van der Waals surface area contributed by atoms with E-state index >= 15 is 0 Å². The molecule has 0 aliphatic rings. The summed E-state index contributed by atoms with van der Waals surface area (Å²) in [6, 6.07) is 0. The standard InChI is InChI=1S/C14H17Cl2N3O2/c1-8-9(5-6-15)11(16)19-12(18-8)10(7-17-19)13(20)21-14(2,3)4/h7H,5-6H2,1-4H3. The molecule has 0 N–H and O–H groups in total. The molecule has 0 aliphatic heterocycles. The molecule has 0 fully saturated rings. The lowest BCUT2D eigenvalue weighted by molar-refractivity contribution is 0.00716. The van der Waals surface area contributed by atoms with Gasteiger partial charge in [0.15, 0.2) is 5.65 Å². The van der Waals surface area contributed by atoms with Crippen molar-refractivity contribution in [3.8, 4) is 0 Å². The first-order valence-electron chi connectivity index (χ1n) is 6.56. The van der Waals surface area contributed by atoms with Crippen molar-refractivity contribution in [1.82, 2.24) is 14.6 Å². The highest BCUT2D eigenvalue weighted by Gasteiger charge is 2.23. The third kappa shape index (κ3) is 3.30. The zero-order chi connectivity index (χ0) is 15.8. The van der Waals surface area contributed by atoms with Crippen LogP contribution in [0.3, 0.4) is 0 Å². The minimum Gasteiger partial charge on any atom is -0.456 e. The molecule has 7 heteroatoms. The molecule has 2 aromatic heterocycles.